The summed E-state index contributed by atoms with van der Waals surface area (Å²) in [6.45, 7) is 4.95. The molecule has 0 bridgehead atoms. The van der Waals surface area contributed by atoms with Gasteiger partial charge in [0.05, 0.1) is 18.8 Å². The normalized spacial score (nSPS) is 28.1. The maximum atomic E-state index is 5.76. The number of benzene rings is 1. The zero-order valence-electron chi connectivity index (χ0n) is 11.5. The first kappa shape index (κ1) is 13.4. The molecular weight excluding hydrogens is 226 g/mol. The Morgan fingerprint density at radius 3 is 2.67 bits per heavy atom. The van der Waals surface area contributed by atoms with Crippen LogP contribution in [0.1, 0.15) is 32.3 Å². The Labute approximate surface area is 109 Å². The Morgan fingerprint density at radius 2 is 2.00 bits per heavy atom. The van der Waals surface area contributed by atoms with Crippen LogP contribution in [0.5, 0.6) is 0 Å². The molecule has 1 aliphatic rings. The van der Waals surface area contributed by atoms with E-state index in [1.807, 2.05) is 0 Å². The predicted molar refractivity (Wildman–Crippen MR) is 73.8 cm³/mol. The van der Waals surface area contributed by atoms with Gasteiger partial charge in [0.25, 0.3) is 0 Å². The summed E-state index contributed by atoms with van der Waals surface area (Å²) >= 11 is 0. The SMILES string of the molecule is COCc1cccc(NC2CC(C)OC(C)C2)c1. The minimum atomic E-state index is 0.341. The molecule has 0 aromatic heterocycles. The fourth-order valence-electron chi connectivity index (χ4n) is 2.68. The molecule has 0 aliphatic carbocycles. The zero-order chi connectivity index (χ0) is 13.0. The van der Waals surface area contributed by atoms with E-state index in [0.717, 1.165) is 12.8 Å². The molecule has 2 rings (SSSR count). The van der Waals surface area contributed by atoms with Crippen molar-refractivity contribution in [2.24, 2.45) is 0 Å². The maximum absolute atomic E-state index is 5.76. The van der Waals surface area contributed by atoms with Crippen molar-refractivity contribution in [3.05, 3.63) is 29.8 Å². The predicted octanol–water partition coefficient (Wildman–Crippen LogP) is 3.20. The van der Waals surface area contributed by atoms with E-state index in [1.165, 1.54) is 11.3 Å². The highest BCUT2D eigenvalue weighted by Gasteiger charge is 2.24. The first-order valence-electron chi connectivity index (χ1n) is 6.67. The van der Waals surface area contributed by atoms with E-state index in [4.69, 9.17) is 9.47 Å². The topological polar surface area (TPSA) is 30.5 Å². The van der Waals surface area contributed by atoms with Crippen LogP contribution in [0.25, 0.3) is 0 Å². The van der Waals surface area contributed by atoms with Crippen LogP contribution in [0, 0.1) is 0 Å². The summed E-state index contributed by atoms with van der Waals surface area (Å²) in [4.78, 5) is 0. The van der Waals surface area contributed by atoms with Gasteiger partial charge in [-0.2, -0.15) is 0 Å². The van der Waals surface area contributed by atoms with Gasteiger partial charge in [-0.3, -0.25) is 0 Å². The summed E-state index contributed by atoms with van der Waals surface area (Å²) in [6.07, 6.45) is 2.82. The third-order valence-electron chi connectivity index (χ3n) is 3.31. The molecule has 100 valence electrons. The smallest absolute Gasteiger partial charge is 0.0713 e. The first-order chi connectivity index (χ1) is 8.67. The molecule has 0 spiro atoms. The third-order valence-corrected chi connectivity index (χ3v) is 3.31. The van der Waals surface area contributed by atoms with E-state index in [2.05, 4.69) is 43.4 Å². The van der Waals surface area contributed by atoms with Gasteiger partial charge in [0.15, 0.2) is 0 Å². The van der Waals surface area contributed by atoms with Gasteiger partial charge in [0.2, 0.25) is 0 Å². The van der Waals surface area contributed by atoms with Gasteiger partial charge >= 0.3 is 0 Å². The highest BCUT2D eigenvalue weighted by molar-refractivity contribution is 5.46. The molecule has 18 heavy (non-hydrogen) atoms. The summed E-state index contributed by atoms with van der Waals surface area (Å²) in [6, 6.07) is 8.94. The van der Waals surface area contributed by atoms with Crippen molar-refractivity contribution < 1.29 is 9.47 Å². The van der Waals surface area contributed by atoms with Crippen molar-refractivity contribution in [1.29, 1.82) is 0 Å². The monoisotopic (exact) mass is 249 g/mol. The van der Waals surface area contributed by atoms with E-state index in [9.17, 15) is 0 Å². The highest BCUT2D eigenvalue weighted by Crippen LogP contribution is 2.23. The Balaban J connectivity index is 1.97. The first-order valence-corrected chi connectivity index (χ1v) is 6.67. The molecule has 0 amide bonds. The standard InChI is InChI=1S/C15H23NO2/c1-11-7-15(8-12(2)18-11)16-14-6-4-5-13(9-14)10-17-3/h4-6,9,11-12,15-16H,7-8,10H2,1-3H3. The van der Waals surface area contributed by atoms with Crippen molar-refractivity contribution in [2.45, 2.75) is 51.5 Å². The van der Waals surface area contributed by atoms with Crippen molar-refractivity contribution in [3.8, 4) is 0 Å². The summed E-state index contributed by atoms with van der Waals surface area (Å²) in [7, 11) is 1.72. The maximum Gasteiger partial charge on any atom is 0.0713 e. The second kappa shape index (κ2) is 6.21. The fourth-order valence-corrected chi connectivity index (χ4v) is 2.68. The van der Waals surface area contributed by atoms with Crippen LogP contribution in [-0.2, 0) is 16.1 Å². The van der Waals surface area contributed by atoms with E-state index in [-0.39, 0.29) is 0 Å². The van der Waals surface area contributed by atoms with Crippen molar-refractivity contribution >= 4 is 5.69 Å². The van der Waals surface area contributed by atoms with Crippen molar-refractivity contribution in [1.82, 2.24) is 0 Å². The summed E-state index contributed by atoms with van der Waals surface area (Å²) in [5.41, 5.74) is 2.38. The summed E-state index contributed by atoms with van der Waals surface area (Å²) in [5.74, 6) is 0. The number of rotatable bonds is 4. The molecule has 1 heterocycles. The minimum absolute atomic E-state index is 0.341. The van der Waals surface area contributed by atoms with Crippen LogP contribution in [0.15, 0.2) is 24.3 Å². The number of nitrogens with one attached hydrogen (secondary N) is 1. The molecule has 2 unspecified atom stereocenters. The second-order valence-corrected chi connectivity index (χ2v) is 5.20. The lowest BCUT2D eigenvalue weighted by molar-refractivity contribution is -0.0337. The zero-order valence-corrected chi connectivity index (χ0v) is 11.5. The van der Waals surface area contributed by atoms with Crippen LogP contribution in [0.3, 0.4) is 0 Å². The summed E-state index contributed by atoms with van der Waals surface area (Å²) in [5, 5.41) is 3.60. The average molecular weight is 249 g/mol. The van der Waals surface area contributed by atoms with Crippen LogP contribution in [0.2, 0.25) is 0 Å². The highest BCUT2D eigenvalue weighted by atomic mass is 16.5. The van der Waals surface area contributed by atoms with Gasteiger partial charge in [0, 0.05) is 18.8 Å². The number of anilines is 1. The second-order valence-electron chi connectivity index (χ2n) is 5.20. The molecule has 1 aliphatic heterocycles. The van der Waals surface area contributed by atoms with Crippen LogP contribution in [-0.4, -0.2) is 25.4 Å². The molecule has 2 atom stereocenters. The van der Waals surface area contributed by atoms with Gasteiger partial charge in [-0.15, -0.1) is 0 Å². The lowest BCUT2D eigenvalue weighted by atomic mass is 9.99. The lowest BCUT2D eigenvalue weighted by Crippen LogP contribution is -2.36. The van der Waals surface area contributed by atoms with Crippen molar-refractivity contribution in [3.63, 3.8) is 0 Å². The molecule has 0 saturated carbocycles. The lowest BCUT2D eigenvalue weighted by Gasteiger charge is -2.33. The fraction of sp³-hybridized carbons (Fsp3) is 0.600. The molecule has 1 saturated heterocycles. The van der Waals surface area contributed by atoms with Gasteiger partial charge < -0.3 is 14.8 Å². The molecule has 1 fully saturated rings. The van der Waals surface area contributed by atoms with E-state index < -0.39 is 0 Å². The molecule has 1 N–H and O–H groups in total. The quantitative estimate of drug-likeness (QED) is 0.889. The summed E-state index contributed by atoms with van der Waals surface area (Å²) < 4.78 is 10.9. The molecule has 0 radical (unpaired) electrons. The molecular formula is C15H23NO2. The third kappa shape index (κ3) is 3.72. The van der Waals surface area contributed by atoms with Crippen LogP contribution >= 0.6 is 0 Å². The molecule has 1 aromatic rings. The Kier molecular flexibility index (Phi) is 4.61. The number of hydrogen-bond donors (Lipinski definition) is 1. The van der Waals surface area contributed by atoms with Crippen LogP contribution in [0.4, 0.5) is 5.69 Å². The van der Waals surface area contributed by atoms with Gasteiger partial charge in [-0.05, 0) is 44.4 Å². The average Bonchev–Trinajstić information content (AvgIpc) is 2.28. The van der Waals surface area contributed by atoms with E-state index in [0.29, 0.717) is 24.9 Å². The van der Waals surface area contributed by atoms with E-state index in [1.54, 1.807) is 7.11 Å². The Bertz CT molecular complexity index is 371. The largest absolute Gasteiger partial charge is 0.382 e. The van der Waals surface area contributed by atoms with E-state index >= 15 is 0 Å². The Morgan fingerprint density at radius 1 is 1.28 bits per heavy atom. The van der Waals surface area contributed by atoms with Crippen molar-refractivity contribution in [2.75, 3.05) is 12.4 Å². The Hall–Kier alpha value is -1.06. The number of methoxy groups -OCH3 is 1. The van der Waals surface area contributed by atoms with Crippen LogP contribution < -0.4 is 5.32 Å². The minimum Gasteiger partial charge on any atom is -0.382 e. The van der Waals surface area contributed by atoms with Gasteiger partial charge in [-0.25, -0.2) is 0 Å². The molecule has 1 aromatic carbocycles. The number of hydrogen-bond acceptors (Lipinski definition) is 3. The molecule has 3 heteroatoms. The molecule has 3 nitrogen and oxygen atoms in total. The van der Waals surface area contributed by atoms with Gasteiger partial charge in [-0.1, -0.05) is 12.1 Å². The number of ether oxygens (including phenoxy) is 2. The van der Waals surface area contributed by atoms with Gasteiger partial charge in [0.1, 0.15) is 0 Å².